The highest BCUT2D eigenvalue weighted by molar-refractivity contribution is 6.31. The molecule has 1 atom stereocenters. The molecule has 2 aromatic rings. The van der Waals surface area contributed by atoms with Gasteiger partial charge in [0.25, 0.3) is 0 Å². The molecular formula is C13H12ClN3O2. The second-order valence-corrected chi connectivity index (χ2v) is 4.06. The fourth-order valence-electron chi connectivity index (χ4n) is 1.60. The van der Waals surface area contributed by atoms with E-state index in [-0.39, 0.29) is 5.15 Å². The highest BCUT2D eigenvalue weighted by atomic mass is 35.5. The number of methoxy groups -OCH3 is 1. The minimum absolute atomic E-state index is 0.201. The first-order valence-electron chi connectivity index (χ1n) is 5.58. The fourth-order valence-corrected chi connectivity index (χ4v) is 1.76. The number of anilines is 1. The van der Waals surface area contributed by atoms with Gasteiger partial charge in [0.15, 0.2) is 17.0 Å². The van der Waals surface area contributed by atoms with Crippen LogP contribution in [0.1, 0.15) is 11.6 Å². The largest absolute Gasteiger partial charge is 0.467 e. The van der Waals surface area contributed by atoms with Gasteiger partial charge in [-0.1, -0.05) is 41.9 Å². The molecule has 1 unspecified atom stereocenters. The Morgan fingerprint density at radius 2 is 1.95 bits per heavy atom. The number of ether oxygens (including phenoxy) is 1. The van der Waals surface area contributed by atoms with E-state index >= 15 is 0 Å². The van der Waals surface area contributed by atoms with Gasteiger partial charge >= 0.3 is 5.97 Å². The van der Waals surface area contributed by atoms with Gasteiger partial charge < -0.3 is 10.1 Å². The molecule has 0 spiro atoms. The molecule has 0 saturated carbocycles. The van der Waals surface area contributed by atoms with E-state index in [0.29, 0.717) is 5.82 Å². The molecule has 0 amide bonds. The molecule has 0 radical (unpaired) electrons. The third kappa shape index (κ3) is 3.20. The highest BCUT2D eigenvalue weighted by Gasteiger charge is 2.22. The zero-order valence-electron chi connectivity index (χ0n) is 10.2. The monoisotopic (exact) mass is 277 g/mol. The van der Waals surface area contributed by atoms with Gasteiger partial charge in [0, 0.05) is 12.4 Å². The molecule has 1 aromatic carbocycles. The van der Waals surface area contributed by atoms with Crippen LogP contribution in [0.2, 0.25) is 5.15 Å². The Morgan fingerprint density at radius 1 is 1.26 bits per heavy atom. The van der Waals surface area contributed by atoms with Crippen molar-refractivity contribution in [2.45, 2.75) is 6.04 Å². The summed E-state index contributed by atoms with van der Waals surface area (Å²) in [5.41, 5.74) is 0.760. The standard InChI is InChI=1S/C13H12ClN3O2/c1-19-13(18)10(9-5-3-2-4-6-9)17-12-11(14)15-7-8-16-12/h2-8,10H,1H3,(H,16,17). The molecular weight excluding hydrogens is 266 g/mol. The Labute approximate surface area is 115 Å². The maximum atomic E-state index is 11.9. The van der Waals surface area contributed by atoms with Crippen molar-refractivity contribution in [2.75, 3.05) is 12.4 Å². The van der Waals surface area contributed by atoms with Crippen LogP contribution in [-0.2, 0) is 9.53 Å². The van der Waals surface area contributed by atoms with E-state index in [1.807, 2.05) is 30.3 Å². The second kappa shape index (κ2) is 6.15. The van der Waals surface area contributed by atoms with Crippen molar-refractivity contribution < 1.29 is 9.53 Å². The molecule has 1 aromatic heterocycles. The van der Waals surface area contributed by atoms with Crippen molar-refractivity contribution in [2.24, 2.45) is 0 Å². The van der Waals surface area contributed by atoms with Gasteiger partial charge in [-0.25, -0.2) is 14.8 Å². The zero-order chi connectivity index (χ0) is 13.7. The maximum Gasteiger partial charge on any atom is 0.333 e. The topological polar surface area (TPSA) is 64.1 Å². The number of hydrogen-bond acceptors (Lipinski definition) is 5. The number of carbonyl (C=O) groups excluding carboxylic acids is 1. The van der Waals surface area contributed by atoms with Crippen molar-refractivity contribution in [1.82, 2.24) is 9.97 Å². The number of benzene rings is 1. The first-order chi connectivity index (χ1) is 9.22. The van der Waals surface area contributed by atoms with Crippen molar-refractivity contribution >= 4 is 23.4 Å². The molecule has 0 aliphatic rings. The third-order valence-corrected chi connectivity index (χ3v) is 2.78. The summed E-state index contributed by atoms with van der Waals surface area (Å²) in [6, 6.07) is 8.50. The Morgan fingerprint density at radius 3 is 2.58 bits per heavy atom. The van der Waals surface area contributed by atoms with E-state index in [1.54, 1.807) is 0 Å². The summed E-state index contributed by atoms with van der Waals surface area (Å²) in [5, 5.41) is 3.14. The lowest BCUT2D eigenvalue weighted by Crippen LogP contribution is -2.23. The summed E-state index contributed by atoms with van der Waals surface area (Å²) in [6.07, 6.45) is 2.97. The van der Waals surface area contributed by atoms with E-state index in [0.717, 1.165) is 5.56 Å². The van der Waals surface area contributed by atoms with Gasteiger partial charge in [-0.05, 0) is 5.56 Å². The van der Waals surface area contributed by atoms with Crippen LogP contribution < -0.4 is 5.32 Å². The number of nitrogens with zero attached hydrogens (tertiary/aromatic N) is 2. The molecule has 0 bridgehead atoms. The molecule has 98 valence electrons. The molecule has 0 saturated heterocycles. The average molecular weight is 278 g/mol. The molecule has 2 rings (SSSR count). The zero-order valence-corrected chi connectivity index (χ0v) is 11.0. The fraction of sp³-hybridized carbons (Fsp3) is 0.154. The van der Waals surface area contributed by atoms with Crippen LogP contribution >= 0.6 is 11.6 Å². The minimum Gasteiger partial charge on any atom is -0.467 e. The van der Waals surface area contributed by atoms with Crippen molar-refractivity contribution in [3.63, 3.8) is 0 Å². The van der Waals surface area contributed by atoms with Gasteiger partial charge in [-0.3, -0.25) is 0 Å². The molecule has 1 N–H and O–H groups in total. The number of aromatic nitrogens is 2. The van der Waals surface area contributed by atoms with Gasteiger partial charge in [0.2, 0.25) is 0 Å². The van der Waals surface area contributed by atoms with Gasteiger partial charge in [0.05, 0.1) is 7.11 Å². The van der Waals surface area contributed by atoms with Crippen LogP contribution in [0.3, 0.4) is 0 Å². The smallest absolute Gasteiger partial charge is 0.333 e. The lowest BCUT2D eigenvalue weighted by atomic mass is 10.1. The number of esters is 1. The predicted molar refractivity (Wildman–Crippen MR) is 71.9 cm³/mol. The summed E-state index contributed by atoms with van der Waals surface area (Å²) in [4.78, 5) is 19.8. The average Bonchev–Trinajstić information content (AvgIpc) is 2.46. The predicted octanol–water partition coefficient (Wildman–Crippen LogP) is 2.46. The summed E-state index contributed by atoms with van der Waals surface area (Å²) < 4.78 is 4.79. The summed E-state index contributed by atoms with van der Waals surface area (Å²) in [7, 11) is 1.33. The lowest BCUT2D eigenvalue weighted by Gasteiger charge is -2.17. The molecule has 0 aliphatic carbocycles. The van der Waals surface area contributed by atoms with Crippen LogP contribution in [0.4, 0.5) is 5.82 Å². The molecule has 6 heteroatoms. The van der Waals surface area contributed by atoms with Gasteiger partial charge in [0.1, 0.15) is 0 Å². The number of carbonyl (C=O) groups is 1. The van der Waals surface area contributed by atoms with Crippen molar-refractivity contribution in [3.05, 3.63) is 53.4 Å². The van der Waals surface area contributed by atoms with Crippen LogP contribution in [0.25, 0.3) is 0 Å². The lowest BCUT2D eigenvalue weighted by molar-refractivity contribution is -0.141. The van der Waals surface area contributed by atoms with E-state index in [2.05, 4.69) is 15.3 Å². The number of nitrogens with one attached hydrogen (secondary N) is 1. The molecule has 0 aliphatic heterocycles. The van der Waals surface area contributed by atoms with Gasteiger partial charge in [-0.15, -0.1) is 0 Å². The molecule has 5 nitrogen and oxygen atoms in total. The Hall–Kier alpha value is -2.14. The maximum absolute atomic E-state index is 11.9. The summed E-state index contributed by atoms with van der Waals surface area (Å²) in [5.74, 6) is -0.0867. The van der Waals surface area contributed by atoms with Crippen LogP contribution in [0, 0.1) is 0 Å². The van der Waals surface area contributed by atoms with Crippen molar-refractivity contribution in [3.8, 4) is 0 Å². The Balaban J connectivity index is 2.30. The van der Waals surface area contributed by atoms with E-state index in [4.69, 9.17) is 16.3 Å². The van der Waals surface area contributed by atoms with Crippen LogP contribution in [-0.4, -0.2) is 23.0 Å². The minimum atomic E-state index is -0.680. The molecule has 19 heavy (non-hydrogen) atoms. The van der Waals surface area contributed by atoms with Crippen LogP contribution in [0.5, 0.6) is 0 Å². The number of hydrogen-bond donors (Lipinski definition) is 1. The normalized spacial score (nSPS) is 11.7. The first-order valence-corrected chi connectivity index (χ1v) is 5.96. The molecule has 1 heterocycles. The number of halogens is 1. The SMILES string of the molecule is COC(=O)C(Nc1nccnc1Cl)c1ccccc1. The first kappa shape index (κ1) is 13.3. The van der Waals surface area contributed by atoms with E-state index in [1.165, 1.54) is 19.5 Å². The Bertz CT molecular complexity index is 563. The van der Waals surface area contributed by atoms with E-state index < -0.39 is 12.0 Å². The third-order valence-electron chi connectivity index (χ3n) is 2.50. The van der Waals surface area contributed by atoms with E-state index in [9.17, 15) is 4.79 Å². The quantitative estimate of drug-likeness (QED) is 0.870. The molecule has 0 fully saturated rings. The van der Waals surface area contributed by atoms with Gasteiger partial charge in [-0.2, -0.15) is 0 Å². The van der Waals surface area contributed by atoms with Crippen molar-refractivity contribution in [1.29, 1.82) is 0 Å². The number of rotatable bonds is 4. The van der Waals surface area contributed by atoms with Crippen LogP contribution in [0.15, 0.2) is 42.7 Å². The Kier molecular flexibility index (Phi) is 4.30. The summed E-state index contributed by atoms with van der Waals surface area (Å²) >= 11 is 5.92. The highest BCUT2D eigenvalue weighted by Crippen LogP contribution is 2.23. The second-order valence-electron chi connectivity index (χ2n) is 3.71. The summed E-state index contributed by atoms with van der Waals surface area (Å²) in [6.45, 7) is 0.